The average molecular weight is 251 g/mol. The number of hydrogen-bond acceptors (Lipinski definition) is 2. The summed E-state index contributed by atoms with van der Waals surface area (Å²) in [5.41, 5.74) is 2.40. The van der Waals surface area contributed by atoms with Crippen molar-refractivity contribution >= 4 is 5.69 Å². The summed E-state index contributed by atoms with van der Waals surface area (Å²) >= 11 is 0. The van der Waals surface area contributed by atoms with Gasteiger partial charge in [-0.2, -0.15) is 5.10 Å². The van der Waals surface area contributed by atoms with Crippen LogP contribution in [0.2, 0.25) is 0 Å². The van der Waals surface area contributed by atoms with Gasteiger partial charge in [-0.1, -0.05) is 6.92 Å². The molecule has 0 bridgehead atoms. The maximum atomic E-state index is 13.0. The van der Waals surface area contributed by atoms with Crippen molar-refractivity contribution in [3.63, 3.8) is 0 Å². The number of nitrogens with one attached hydrogen (secondary N) is 1. The normalized spacial score (nSPS) is 10.7. The molecule has 18 heavy (non-hydrogen) atoms. The molecular weight excluding hydrogens is 236 g/mol. The van der Waals surface area contributed by atoms with Crippen LogP contribution in [0.25, 0.3) is 0 Å². The van der Waals surface area contributed by atoms with Crippen LogP contribution in [0.1, 0.15) is 18.2 Å². The molecule has 0 radical (unpaired) electrons. The zero-order valence-corrected chi connectivity index (χ0v) is 10.4. The highest BCUT2D eigenvalue weighted by molar-refractivity contribution is 5.46. The van der Waals surface area contributed by atoms with Gasteiger partial charge in [-0.15, -0.1) is 0 Å². The molecule has 5 heteroatoms. The standard InChI is InChI=1S/C13H15F2N3/c1-3-12-13(8-18(2)17-12)16-7-9-4-10(14)6-11(15)5-9/h4-6,8,16H,3,7H2,1-2H3. The molecule has 0 saturated heterocycles. The first-order chi connectivity index (χ1) is 8.58. The largest absolute Gasteiger partial charge is 0.378 e. The molecular formula is C13H15F2N3. The van der Waals surface area contributed by atoms with Crippen LogP contribution in [0, 0.1) is 11.6 Å². The second-order valence-electron chi connectivity index (χ2n) is 4.15. The summed E-state index contributed by atoms with van der Waals surface area (Å²) in [7, 11) is 1.84. The second kappa shape index (κ2) is 5.16. The molecule has 0 spiro atoms. The van der Waals surface area contributed by atoms with Crippen LogP contribution < -0.4 is 5.32 Å². The van der Waals surface area contributed by atoms with Crippen LogP contribution in [-0.2, 0) is 20.0 Å². The predicted octanol–water partition coefficient (Wildman–Crippen LogP) is 2.87. The summed E-state index contributed by atoms with van der Waals surface area (Å²) < 4.78 is 27.8. The maximum absolute atomic E-state index is 13.0. The minimum absolute atomic E-state index is 0.368. The number of nitrogens with zero attached hydrogens (tertiary/aromatic N) is 2. The van der Waals surface area contributed by atoms with Crippen LogP contribution >= 0.6 is 0 Å². The van der Waals surface area contributed by atoms with Crippen LogP contribution in [0.3, 0.4) is 0 Å². The Morgan fingerprint density at radius 3 is 2.50 bits per heavy atom. The summed E-state index contributed by atoms with van der Waals surface area (Å²) in [5.74, 6) is -1.12. The molecule has 0 aliphatic rings. The molecule has 0 unspecified atom stereocenters. The van der Waals surface area contributed by atoms with Gasteiger partial charge in [0.05, 0.1) is 11.4 Å². The number of anilines is 1. The van der Waals surface area contributed by atoms with E-state index in [-0.39, 0.29) is 0 Å². The van der Waals surface area contributed by atoms with E-state index in [0.29, 0.717) is 12.1 Å². The summed E-state index contributed by atoms with van der Waals surface area (Å²) in [6.07, 6.45) is 2.66. The molecule has 0 aliphatic carbocycles. The van der Waals surface area contributed by atoms with Gasteiger partial charge in [-0.25, -0.2) is 8.78 Å². The van der Waals surface area contributed by atoms with Crippen LogP contribution in [-0.4, -0.2) is 9.78 Å². The predicted molar refractivity (Wildman–Crippen MR) is 66.3 cm³/mol. The highest BCUT2D eigenvalue weighted by Gasteiger charge is 2.06. The van der Waals surface area contributed by atoms with E-state index in [1.807, 2.05) is 20.2 Å². The van der Waals surface area contributed by atoms with Gasteiger partial charge in [0.25, 0.3) is 0 Å². The monoisotopic (exact) mass is 251 g/mol. The lowest BCUT2D eigenvalue weighted by Gasteiger charge is -2.06. The Kier molecular flexibility index (Phi) is 3.60. The molecule has 1 N–H and O–H groups in total. The van der Waals surface area contributed by atoms with E-state index in [2.05, 4.69) is 10.4 Å². The van der Waals surface area contributed by atoms with Gasteiger partial charge in [0, 0.05) is 25.9 Å². The topological polar surface area (TPSA) is 29.9 Å². The third-order valence-electron chi connectivity index (χ3n) is 2.65. The molecule has 0 saturated carbocycles. The Labute approximate surface area is 104 Å². The van der Waals surface area contributed by atoms with Crippen molar-refractivity contribution in [3.8, 4) is 0 Å². The molecule has 96 valence electrons. The van der Waals surface area contributed by atoms with Crippen molar-refractivity contribution in [3.05, 3.63) is 47.3 Å². The smallest absolute Gasteiger partial charge is 0.126 e. The molecule has 1 aromatic heterocycles. The van der Waals surface area contributed by atoms with Gasteiger partial charge in [0.2, 0.25) is 0 Å². The number of hydrogen-bond donors (Lipinski definition) is 1. The third kappa shape index (κ3) is 2.85. The Morgan fingerprint density at radius 2 is 1.89 bits per heavy atom. The van der Waals surface area contributed by atoms with E-state index in [0.717, 1.165) is 23.9 Å². The SMILES string of the molecule is CCc1nn(C)cc1NCc1cc(F)cc(F)c1. The van der Waals surface area contributed by atoms with Crippen LogP contribution in [0.4, 0.5) is 14.5 Å². The van der Waals surface area contributed by atoms with Gasteiger partial charge in [0.1, 0.15) is 11.6 Å². The molecule has 1 heterocycles. The van der Waals surface area contributed by atoms with E-state index < -0.39 is 11.6 Å². The number of aromatic nitrogens is 2. The van der Waals surface area contributed by atoms with Crippen molar-refractivity contribution < 1.29 is 8.78 Å². The number of rotatable bonds is 4. The fourth-order valence-electron chi connectivity index (χ4n) is 1.85. The highest BCUT2D eigenvalue weighted by Crippen LogP contribution is 2.16. The van der Waals surface area contributed by atoms with Gasteiger partial charge in [0.15, 0.2) is 0 Å². The Balaban J connectivity index is 2.11. The van der Waals surface area contributed by atoms with Crippen molar-refractivity contribution in [2.24, 2.45) is 7.05 Å². The van der Waals surface area contributed by atoms with Gasteiger partial charge >= 0.3 is 0 Å². The van der Waals surface area contributed by atoms with E-state index >= 15 is 0 Å². The maximum Gasteiger partial charge on any atom is 0.126 e. The fourth-order valence-corrected chi connectivity index (χ4v) is 1.85. The average Bonchev–Trinajstić information content (AvgIpc) is 2.66. The highest BCUT2D eigenvalue weighted by atomic mass is 19.1. The number of halogens is 2. The molecule has 2 rings (SSSR count). The lowest BCUT2D eigenvalue weighted by Crippen LogP contribution is -2.01. The first-order valence-corrected chi connectivity index (χ1v) is 5.80. The zero-order valence-electron chi connectivity index (χ0n) is 10.4. The summed E-state index contributed by atoms with van der Waals surface area (Å²) in [5, 5.41) is 7.42. The van der Waals surface area contributed by atoms with E-state index in [9.17, 15) is 8.78 Å². The molecule has 1 aromatic carbocycles. The summed E-state index contributed by atoms with van der Waals surface area (Å²) in [6.45, 7) is 2.38. The zero-order chi connectivity index (χ0) is 13.1. The molecule has 3 nitrogen and oxygen atoms in total. The molecule has 2 aromatic rings. The molecule has 0 fully saturated rings. The van der Waals surface area contributed by atoms with Crippen molar-refractivity contribution in [2.75, 3.05) is 5.32 Å². The lowest BCUT2D eigenvalue weighted by molar-refractivity contribution is 0.580. The number of benzene rings is 1. The molecule has 0 amide bonds. The Morgan fingerprint density at radius 1 is 1.22 bits per heavy atom. The minimum Gasteiger partial charge on any atom is -0.378 e. The molecule has 0 atom stereocenters. The summed E-state index contributed by atoms with van der Waals surface area (Å²) in [4.78, 5) is 0. The minimum atomic E-state index is -0.561. The van der Waals surface area contributed by atoms with E-state index in [1.165, 1.54) is 12.1 Å². The fraction of sp³-hybridized carbons (Fsp3) is 0.308. The van der Waals surface area contributed by atoms with E-state index in [4.69, 9.17) is 0 Å². The first kappa shape index (κ1) is 12.5. The molecule has 0 aliphatic heterocycles. The number of aryl methyl sites for hydroxylation is 2. The quantitative estimate of drug-likeness (QED) is 0.905. The Hall–Kier alpha value is -1.91. The lowest BCUT2D eigenvalue weighted by atomic mass is 10.2. The van der Waals surface area contributed by atoms with Gasteiger partial charge in [-0.05, 0) is 24.1 Å². The van der Waals surface area contributed by atoms with Gasteiger partial charge < -0.3 is 5.32 Å². The van der Waals surface area contributed by atoms with E-state index in [1.54, 1.807) is 4.68 Å². The van der Waals surface area contributed by atoms with Gasteiger partial charge in [-0.3, -0.25) is 4.68 Å². The second-order valence-corrected chi connectivity index (χ2v) is 4.15. The van der Waals surface area contributed by atoms with Crippen LogP contribution in [0.15, 0.2) is 24.4 Å². The first-order valence-electron chi connectivity index (χ1n) is 5.80. The third-order valence-corrected chi connectivity index (χ3v) is 2.65. The van der Waals surface area contributed by atoms with Crippen molar-refractivity contribution in [1.82, 2.24) is 9.78 Å². The Bertz CT molecular complexity index is 529. The van der Waals surface area contributed by atoms with Crippen LogP contribution in [0.5, 0.6) is 0 Å². The van der Waals surface area contributed by atoms with Crippen molar-refractivity contribution in [1.29, 1.82) is 0 Å². The van der Waals surface area contributed by atoms with Crippen molar-refractivity contribution in [2.45, 2.75) is 19.9 Å². The summed E-state index contributed by atoms with van der Waals surface area (Å²) in [6, 6.07) is 3.50.